The van der Waals surface area contributed by atoms with Crippen molar-refractivity contribution < 1.29 is 52.2 Å². The molecule has 2 unspecified atom stereocenters. The number of aromatic nitrogens is 2. The van der Waals surface area contributed by atoms with Crippen molar-refractivity contribution in [2.24, 2.45) is 24.3 Å². The molecular formula is C50H60F2N7O10PS. The summed E-state index contributed by atoms with van der Waals surface area (Å²) in [7, 11) is -4.15. The van der Waals surface area contributed by atoms with Crippen molar-refractivity contribution in [2.75, 3.05) is 44.2 Å². The molecule has 5 aromatic rings. The normalized spacial score (nSPS) is 23.3. The van der Waals surface area contributed by atoms with Gasteiger partial charge in [-0.15, -0.1) is 11.3 Å². The van der Waals surface area contributed by atoms with E-state index in [0.717, 1.165) is 47.6 Å². The summed E-state index contributed by atoms with van der Waals surface area (Å²) in [5.41, 5.74) is -3.27. The fourth-order valence-electron chi connectivity index (χ4n) is 10.8. The van der Waals surface area contributed by atoms with Crippen LogP contribution in [0.4, 0.5) is 14.5 Å². The van der Waals surface area contributed by atoms with E-state index >= 15 is 9.59 Å². The van der Waals surface area contributed by atoms with Crippen molar-refractivity contribution >= 4 is 69.4 Å². The van der Waals surface area contributed by atoms with E-state index in [-0.39, 0.29) is 46.3 Å². The monoisotopic (exact) mass is 1020 g/mol. The number of benzene rings is 3. The lowest BCUT2D eigenvalue weighted by molar-refractivity contribution is -0.152. The number of fused-ring (bicyclic) bond motifs is 2. The van der Waals surface area contributed by atoms with Crippen LogP contribution in [0.2, 0.25) is 0 Å². The Kier molecular flexibility index (Phi) is 13.9. The lowest BCUT2D eigenvalue weighted by atomic mass is 9.82. The first-order valence-electron chi connectivity index (χ1n) is 24.1. The van der Waals surface area contributed by atoms with Crippen LogP contribution in [0.1, 0.15) is 92.2 Å². The van der Waals surface area contributed by atoms with Gasteiger partial charge in [0, 0.05) is 49.2 Å². The molecule has 71 heavy (non-hydrogen) atoms. The molecule has 0 radical (unpaired) electrons. The molecule has 4 aliphatic rings. The third kappa shape index (κ3) is 9.90. The van der Waals surface area contributed by atoms with Crippen LogP contribution in [0, 0.1) is 17.3 Å². The third-order valence-corrected chi connectivity index (χ3v) is 16.9. The zero-order valence-electron chi connectivity index (χ0n) is 40.0. The maximum Gasteiger partial charge on any atom is 0.399 e. The number of hydrogen-bond donors (Lipinski definition) is 5. The SMILES string of the molecule is Cn1c(=O)n(C2CCC(O)NC2=O)c2ccc(N3CCC(C[C@@H]4CCN(C(=O)[C@@H](NC(=O)c5cc6cc(C(F)(F)P(=O)(O)O)ccc6s5)C(C)(C)C)[C@@H]4C(=O)N4CCO[C@H](c5ccccc5)C4)CC3)cc21. The van der Waals surface area contributed by atoms with Gasteiger partial charge in [-0.25, -0.2) is 4.79 Å². The number of likely N-dealkylation sites (tertiary alicyclic amines) is 1. The molecule has 17 nitrogen and oxygen atoms in total. The molecule has 4 amide bonds. The zero-order chi connectivity index (χ0) is 50.7. The van der Waals surface area contributed by atoms with Crippen LogP contribution >= 0.6 is 18.9 Å². The highest BCUT2D eigenvalue weighted by Crippen LogP contribution is 2.59. The Bertz CT molecular complexity index is 2960. The predicted octanol–water partition coefficient (Wildman–Crippen LogP) is 5.82. The highest BCUT2D eigenvalue weighted by atomic mass is 32.1. The lowest BCUT2D eigenvalue weighted by Gasteiger charge is -2.40. The van der Waals surface area contributed by atoms with Gasteiger partial charge in [-0.1, -0.05) is 57.2 Å². The first kappa shape index (κ1) is 50.4. The predicted molar refractivity (Wildman–Crippen MR) is 263 cm³/mol. The lowest BCUT2D eigenvalue weighted by Crippen LogP contribution is -2.59. The van der Waals surface area contributed by atoms with Gasteiger partial charge in [0.2, 0.25) is 17.7 Å². The van der Waals surface area contributed by atoms with Crippen molar-refractivity contribution in [2.45, 2.75) is 95.4 Å². The van der Waals surface area contributed by atoms with Gasteiger partial charge in [-0.2, -0.15) is 8.78 Å². The molecule has 2 aromatic heterocycles. The molecule has 9 rings (SSSR count). The zero-order valence-corrected chi connectivity index (χ0v) is 41.7. The molecule has 4 saturated heterocycles. The standard InChI is InChI=1S/C50H60F2N7O10PS/c1-49(2,3)43(54-45(62)40-26-32-25-33(10-14-39(32)71-40)50(51,52)70(66,67)68)47(64)58-21-18-31(42(58)46(63)57-22-23-69-38(28-57)30-8-6-5-7-9-30)24-29-16-19-56(20-17-29)34-11-12-35-37(27-34)55(4)48(65)59(35)36-13-15-41(60)53-44(36)61/h5-12,14,25-27,29,31,36,38,41-43,60H,13,15-24,28H2,1-4H3,(H,53,61)(H,54,62)(H2,66,67,68)/t31-,36?,38-,41?,42-,43+/m0/s1. The summed E-state index contributed by atoms with van der Waals surface area (Å²) in [6.07, 6.45) is 2.28. The number of nitrogens with one attached hydrogen (secondary N) is 2. The summed E-state index contributed by atoms with van der Waals surface area (Å²) in [6.45, 7) is 8.12. The van der Waals surface area contributed by atoms with Crippen molar-refractivity contribution in [1.29, 1.82) is 0 Å². The summed E-state index contributed by atoms with van der Waals surface area (Å²) in [4.78, 5) is 94.9. The van der Waals surface area contributed by atoms with Crippen LogP contribution in [-0.2, 0) is 36.4 Å². The van der Waals surface area contributed by atoms with E-state index in [9.17, 15) is 42.6 Å². The van der Waals surface area contributed by atoms with Gasteiger partial charge in [0.25, 0.3) is 5.91 Å². The molecule has 6 atom stereocenters. The Hall–Kier alpha value is -5.50. The van der Waals surface area contributed by atoms with E-state index in [0.29, 0.717) is 74.2 Å². The first-order valence-corrected chi connectivity index (χ1v) is 26.5. The molecule has 0 spiro atoms. The largest absolute Gasteiger partial charge is 0.399 e. The number of amides is 4. The molecule has 380 valence electrons. The Morgan fingerprint density at radius 3 is 2.34 bits per heavy atom. The number of anilines is 1. The number of aryl methyl sites for hydroxylation is 1. The minimum atomic E-state index is -5.83. The van der Waals surface area contributed by atoms with Crippen molar-refractivity contribution in [3.8, 4) is 0 Å². The Balaban J connectivity index is 0.934. The van der Waals surface area contributed by atoms with Crippen LogP contribution in [0.5, 0.6) is 0 Å². The van der Waals surface area contributed by atoms with Crippen LogP contribution in [-0.4, -0.2) is 115 Å². The van der Waals surface area contributed by atoms with Crippen LogP contribution < -0.4 is 21.2 Å². The summed E-state index contributed by atoms with van der Waals surface area (Å²) in [5, 5.41) is 15.6. The minimum Gasteiger partial charge on any atom is -0.374 e. The number of morpholine rings is 1. The molecule has 3 aromatic carbocycles. The molecule has 6 heterocycles. The van der Waals surface area contributed by atoms with E-state index in [4.69, 9.17) is 4.74 Å². The number of ether oxygens (including phenoxy) is 1. The van der Waals surface area contributed by atoms with Gasteiger partial charge >= 0.3 is 18.9 Å². The van der Waals surface area contributed by atoms with Gasteiger partial charge < -0.3 is 45.0 Å². The van der Waals surface area contributed by atoms with E-state index in [2.05, 4.69) is 15.5 Å². The Morgan fingerprint density at radius 1 is 0.915 bits per heavy atom. The number of aliphatic hydroxyl groups excluding tert-OH is 1. The van der Waals surface area contributed by atoms with E-state index < -0.39 is 66.3 Å². The molecule has 21 heteroatoms. The van der Waals surface area contributed by atoms with Crippen LogP contribution in [0.3, 0.4) is 0 Å². The molecule has 0 bridgehead atoms. The quantitative estimate of drug-likeness (QED) is 0.0995. The summed E-state index contributed by atoms with van der Waals surface area (Å²) >= 11 is 0.991. The fraction of sp³-hybridized carbons (Fsp3) is 0.500. The molecule has 0 saturated carbocycles. The maximum absolute atomic E-state index is 15.1. The molecule has 5 N–H and O–H groups in total. The molecule has 4 aliphatic heterocycles. The second-order valence-electron chi connectivity index (χ2n) is 20.5. The first-order chi connectivity index (χ1) is 33.6. The second-order valence-corrected chi connectivity index (χ2v) is 23.2. The van der Waals surface area contributed by atoms with Gasteiger partial charge in [-0.3, -0.25) is 32.9 Å². The number of carbonyl (C=O) groups is 4. The number of halogens is 2. The summed E-state index contributed by atoms with van der Waals surface area (Å²) in [5.74, 6) is -1.59. The summed E-state index contributed by atoms with van der Waals surface area (Å²) < 4.78 is 50.5. The average Bonchev–Trinajstić information content (AvgIpc) is 4.03. The number of nitrogens with zero attached hydrogens (tertiary/aromatic N) is 5. The second kappa shape index (κ2) is 19.5. The minimum absolute atomic E-state index is 0.106. The molecular weight excluding hydrogens is 960 g/mol. The van der Waals surface area contributed by atoms with Crippen LogP contribution in [0.15, 0.2) is 77.6 Å². The number of imidazole rings is 1. The van der Waals surface area contributed by atoms with Gasteiger partial charge in [0.15, 0.2) is 0 Å². The van der Waals surface area contributed by atoms with E-state index in [1.807, 2.05) is 69.3 Å². The van der Waals surface area contributed by atoms with Crippen molar-refractivity contribution in [3.63, 3.8) is 0 Å². The average molecular weight is 1020 g/mol. The number of piperidine rings is 2. The summed E-state index contributed by atoms with van der Waals surface area (Å²) in [6, 6.07) is 17.3. The van der Waals surface area contributed by atoms with E-state index in [1.165, 1.54) is 16.7 Å². The van der Waals surface area contributed by atoms with Crippen molar-refractivity contribution in [3.05, 3.63) is 99.3 Å². The topological polar surface area (TPSA) is 216 Å². The number of thiophene rings is 1. The number of rotatable bonds is 11. The molecule has 0 aliphatic carbocycles. The van der Waals surface area contributed by atoms with Gasteiger partial charge in [0.05, 0.1) is 29.1 Å². The highest BCUT2D eigenvalue weighted by Gasteiger charge is 2.51. The fourth-order valence-corrected chi connectivity index (χ4v) is 12.3. The Labute approximate surface area is 412 Å². The Morgan fingerprint density at radius 2 is 1.65 bits per heavy atom. The van der Waals surface area contributed by atoms with Crippen molar-refractivity contribution in [1.82, 2.24) is 29.6 Å². The number of hydrogen-bond acceptors (Lipinski definition) is 10. The smallest absolute Gasteiger partial charge is 0.374 e. The third-order valence-electron chi connectivity index (χ3n) is 14.8. The number of aliphatic hydroxyl groups is 1. The molecule has 4 fully saturated rings. The maximum atomic E-state index is 15.1. The number of carbonyl (C=O) groups excluding carboxylic acids is 4. The van der Waals surface area contributed by atoms with Gasteiger partial charge in [0.1, 0.15) is 30.5 Å². The van der Waals surface area contributed by atoms with Gasteiger partial charge in [-0.05, 0) is 103 Å². The number of alkyl halides is 2. The van der Waals surface area contributed by atoms with E-state index in [1.54, 1.807) is 21.4 Å². The highest BCUT2D eigenvalue weighted by molar-refractivity contribution is 7.52. The van der Waals surface area contributed by atoms with Crippen LogP contribution in [0.25, 0.3) is 21.1 Å².